The van der Waals surface area contributed by atoms with Crippen LogP contribution in [0.3, 0.4) is 0 Å². The first-order valence-electron chi connectivity index (χ1n) is 9.31. The number of anilines is 1. The first-order valence-corrected chi connectivity index (χ1v) is 9.31. The Morgan fingerprint density at radius 2 is 1.90 bits per heavy atom. The lowest BCUT2D eigenvalue weighted by Crippen LogP contribution is -2.30. The van der Waals surface area contributed by atoms with Gasteiger partial charge in [-0.3, -0.25) is 24.3 Å². The minimum absolute atomic E-state index is 0.0221. The van der Waals surface area contributed by atoms with Crippen LogP contribution in [0.4, 0.5) is 11.4 Å². The number of oxazole rings is 1. The molecule has 0 atom stereocenters. The monoisotopic (exact) mass is 412 g/mol. The minimum Gasteiger partial charge on any atom is -0.407 e. The standard InChI is InChI=1S/C20H20N4O6/c1-3-22(4-2)19(26)13-6-5-7-14(10-13)21-18(25)12-23-16-9-8-15(24(28)29)11-17(16)30-20(23)27/h5-11H,3-4,12H2,1-2H3,(H,21,25). The molecule has 0 radical (unpaired) electrons. The third kappa shape index (κ3) is 4.22. The highest BCUT2D eigenvalue weighted by Gasteiger charge is 2.17. The van der Waals surface area contributed by atoms with E-state index in [4.69, 9.17) is 4.42 Å². The molecular weight excluding hydrogens is 392 g/mol. The highest BCUT2D eigenvalue weighted by Crippen LogP contribution is 2.20. The van der Waals surface area contributed by atoms with Crippen molar-refractivity contribution in [2.24, 2.45) is 0 Å². The summed E-state index contributed by atoms with van der Waals surface area (Å²) in [4.78, 5) is 48.9. The van der Waals surface area contributed by atoms with Crippen LogP contribution in [-0.2, 0) is 11.3 Å². The lowest BCUT2D eigenvalue weighted by molar-refractivity contribution is -0.384. The third-order valence-electron chi connectivity index (χ3n) is 4.61. The summed E-state index contributed by atoms with van der Waals surface area (Å²) in [6.45, 7) is 4.56. The summed E-state index contributed by atoms with van der Waals surface area (Å²) in [5, 5.41) is 13.5. The van der Waals surface area contributed by atoms with Gasteiger partial charge in [-0.05, 0) is 38.1 Å². The van der Waals surface area contributed by atoms with E-state index < -0.39 is 16.6 Å². The molecule has 1 aromatic heterocycles. The van der Waals surface area contributed by atoms with E-state index in [0.717, 1.165) is 10.6 Å². The Morgan fingerprint density at radius 3 is 2.57 bits per heavy atom. The number of carbonyl (C=O) groups is 2. The van der Waals surface area contributed by atoms with Gasteiger partial charge in [0, 0.05) is 30.4 Å². The van der Waals surface area contributed by atoms with E-state index in [0.29, 0.717) is 24.3 Å². The molecule has 1 N–H and O–H groups in total. The number of fused-ring (bicyclic) bond motifs is 1. The second-order valence-corrected chi connectivity index (χ2v) is 6.47. The molecule has 0 fully saturated rings. The van der Waals surface area contributed by atoms with Crippen LogP contribution in [0.2, 0.25) is 0 Å². The average molecular weight is 412 g/mol. The number of carbonyl (C=O) groups excluding carboxylic acids is 2. The number of rotatable bonds is 7. The molecule has 156 valence electrons. The zero-order valence-corrected chi connectivity index (χ0v) is 16.5. The predicted octanol–water partition coefficient (Wildman–Crippen LogP) is 2.62. The van der Waals surface area contributed by atoms with Gasteiger partial charge in [0.1, 0.15) is 6.54 Å². The topological polar surface area (TPSA) is 128 Å². The second-order valence-electron chi connectivity index (χ2n) is 6.47. The van der Waals surface area contributed by atoms with E-state index in [2.05, 4.69) is 5.32 Å². The molecule has 0 bridgehead atoms. The van der Waals surface area contributed by atoms with Gasteiger partial charge in [0.25, 0.3) is 11.6 Å². The minimum atomic E-state index is -0.800. The van der Waals surface area contributed by atoms with E-state index in [9.17, 15) is 24.5 Å². The van der Waals surface area contributed by atoms with E-state index in [-0.39, 0.29) is 29.2 Å². The summed E-state index contributed by atoms with van der Waals surface area (Å²) in [6.07, 6.45) is 0. The number of hydrogen-bond acceptors (Lipinski definition) is 6. The maximum absolute atomic E-state index is 12.5. The highest BCUT2D eigenvalue weighted by molar-refractivity contribution is 5.97. The van der Waals surface area contributed by atoms with Gasteiger partial charge in [0.05, 0.1) is 16.5 Å². The van der Waals surface area contributed by atoms with Crippen LogP contribution >= 0.6 is 0 Å². The number of benzene rings is 2. The van der Waals surface area contributed by atoms with Gasteiger partial charge in [0.2, 0.25) is 5.91 Å². The van der Waals surface area contributed by atoms with Crippen LogP contribution < -0.4 is 11.1 Å². The van der Waals surface area contributed by atoms with Gasteiger partial charge in [0.15, 0.2) is 5.58 Å². The van der Waals surface area contributed by atoms with Gasteiger partial charge < -0.3 is 14.6 Å². The van der Waals surface area contributed by atoms with Crippen LogP contribution in [-0.4, -0.2) is 39.3 Å². The van der Waals surface area contributed by atoms with Gasteiger partial charge in [-0.2, -0.15) is 0 Å². The van der Waals surface area contributed by atoms with Crippen LogP contribution in [0.15, 0.2) is 51.7 Å². The SMILES string of the molecule is CCN(CC)C(=O)c1cccc(NC(=O)Cn2c(=O)oc3cc([N+](=O)[O-])ccc32)c1. The summed E-state index contributed by atoms with van der Waals surface area (Å²) in [5.41, 5.74) is 0.923. The number of nitrogens with zero attached hydrogens (tertiary/aromatic N) is 3. The molecule has 0 spiro atoms. The van der Waals surface area contributed by atoms with E-state index in [1.165, 1.54) is 12.1 Å². The van der Waals surface area contributed by atoms with Crippen molar-refractivity contribution in [3.05, 3.63) is 68.7 Å². The Hall–Kier alpha value is -3.95. The van der Waals surface area contributed by atoms with Crippen molar-refractivity contribution in [2.45, 2.75) is 20.4 Å². The summed E-state index contributed by atoms with van der Waals surface area (Å²) in [6, 6.07) is 10.2. The molecule has 3 aromatic rings. The molecule has 30 heavy (non-hydrogen) atoms. The molecule has 10 nitrogen and oxygen atoms in total. The van der Waals surface area contributed by atoms with Crippen molar-refractivity contribution < 1.29 is 18.9 Å². The maximum Gasteiger partial charge on any atom is 0.420 e. The highest BCUT2D eigenvalue weighted by atomic mass is 16.6. The molecular formula is C20H20N4O6. The molecule has 0 aliphatic rings. The molecule has 10 heteroatoms. The lowest BCUT2D eigenvalue weighted by atomic mass is 10.1. The van der Waals surface area contributed by atoms with Gasteiger partial charge in [-0.25, -0.2) is 4.79 Å². The normalized spacial score (nSPS) is 10.7. The number of nitrogens with one attached hydrogen (secondary N) is 1. The summed E-state index contributed by atoms with van der Waals surface area (Å²) < 4.78 is 6.10. The van der Waals surface area contributed by atoms with Crippen molar-refractivity contribution >= 4 is 34.3 Å². The number of nitro groups is 1. The zero-order chi connectivity index (χ0) is 21.8. The summed E-state index contributed by atoms with van der Waals surface area (Å²) >= 11 is 0. The Bertz CT molecular complexity index is 1180. The number of non-ortho nitro benzene ring substituents is 1. The smallest absolute Gasteiger partial charge is 0.407 e. The molecule has 3 rings (SSSR count). The largest absolute Gasteiger partial charge is 0.420 e. The van der Waals surface area contributed by atoms with E-state index in [1.807, 2.05) is 13.8 Å². The molecule has 0 saturated heterocycles. The summed E-state index contributed by atoms with van der Waals surface area (Å²) in [5.74, 6) is -1.45. The van der Waals surface area contributed by atoms with Crippen molar-refractivity contribution in [3.8, 4) is 0 Å². The fourth-order valence-corrected chi connectivity index (χ4v) is 3.09. The van der Waals surface area contributed by atoms with Crippen molar-refractivity contribution in [1.82, 2.24) is 9.47 Å². The third-order valence-corrected chi connectivity index (χ3v) is 4.61. The summed E-state index contributed by atoms with van der Waals surface area (Å²) in [7, 11) is 0. The van der Waals surface area contributed by atoms with E-state index >= 15 is 0 Å². The number of nitro benzene ring substituents is 1. The number of hydrogen-bond donors (Lipinski definition) is 1. The molecule has 0 aliphatic heterocycles. The van der Waals surface area contributed by atoms with Crippen molar-refractivity contribution in [2.75, 3.05) is 18.4 Å². The van der Waals surface area contributed by atoms with Crippen molar-refractivity contribution in [1.29, 1.82) is 0 Å². The second kappa shape index (κ2) is 8.60. The fourth-order valence-electron chi connectivity index (χ4n) is 3.09. The number of amides is 2. The Morgan fingerprint density at radius 1 is 1.17 bits per heavy atom. The van der Waals surface area contributed by atoms with E-state index in [1.54, 1.807) is 29.2 Å². The molecule has 0 saturated carbocycles. The van der Waals surface area contributed by atoms with Gasteiger partial charge in [-0.1, -0.05) is 6.07 Å². The molecule has 0 aliphatic carbocycles. The molecule has 1 heterocycles. The molecule has 2 amide bonds. The van der Waals surface area contributed by atoms with Crippen LogP contribution in [0.25, 0.3) is 11.1 Å². The Labute approximate surface area is 170 Å². The van der Waals surface area contributed by atoms with Crippen LogP contribution in [0.1, 0.15) is 24.2 Å². The predicted molar refractivity (Wildman–Crippen MR) is 109 cm³/mol. The molecule has 0 unspecified atom stereocenters. The van der Waals surface area contributed by atoms with Gasteiger partial charge >= 0.3 is 5.76 Å². The van der Waals surface area contributed by atoms with Crippen LogP contribution in [0.5, 0.6) is 0 Å². The number of aromatic nitrogens is 1. The van der Waals surface area contributed by atoms with Crippen molar-refractivity contribution in [3.63, 3.8) is 0 Å². The molecule has 2 aromatic carbocycles. The first-order chi connectivity index (χ1) is 14.3. The Balaban J connectivity index is 1.79. The first kappa shape index (κ1) is 20.8. The lowest BCUT2D eigenvalue weighted by Gasteiger charge is -2.19. The Kier molecular flexibility index (Phi) is 5.95. The van der Waals surface area contributed by atoms with Crippen LogP contribution in [0, 0.1) is 10.1 Å². The maximum atomic E-state index is 12.5. The quantitative estimate of drug-likeness (QED) is 0.469. The van der Waals surface area contributed by atoms with Gasteiger partial charge in [-0.15, -0.1) is 0 Å². The zero-order valence-electron chi connectivity index (χ0n) is 16.5. The fraction of sp³-hybridized carbons (Fsp3) is 0.250. The average Bonchev–Trinajstić information content (AvgIpc) is 3.03.